The molecule has 0 amide bonds. The molecule has 0 heterocycles. The summed E-state index contributed by atoms with van der Waals surface area (Å²) in [5.41, 5.74) is 7.37. The van der Waals surface area contributed by atoms with Crippen molar-refractivity contribution in [2.45, 2.75) is 12.6 Å². The Kier molecular flexibility index (Phi) is 4.11. The molecule has 1 atom stereocenters. The van der Waals surface area contributed by atoms with Crippen LogP contribution >= 0.6 is 15.9 Å². The van der Waals surface area contributed by atoms with Gasteiger partial charge in [0.25, 0.3) is 0 Å². The monoisotopic (exact) mass is 309 g/mol. The maximum atomic E-state index is 13.7. The predicted octanol–water partition coefficient (Wildman–Crippen LogP) is 3.13. The van der Waals surface area contributed by atoms with Gasteiger partial charge in [-0.15, -0.1) is 0 Å². The second-order valence-electron chi connectivity index (χ2n) is 4.01. The lowest BCUT2D eigenvalue weighted by Crippen LogP contribution is -2.03. The minimum absolute atomic E-state index is 0.255. The third-order valence-electron chi connectivity index (χ3n) is 2.78. The van der Waals surface area contributed by atoms with Crippen molar-refractivity contribution in [3.05, 3.63) is 69.4 Å². The summed E-state index contributed by atoms with van der Waals surface area (Å²) in [6.45, 7) is 0.446. The molecule has 0 aliphatic rings. The van der Waals surface area contributed by atoms with Crippen molar-refractivity contribution in [2.24, 2.45) is 5.73 Å². The second-order valence-corrected chi connectivity index (χ2v) is 4.93. The van der Waals surface area contributed by atoms with Gasteiger partial charge in [0, 0.05) is 16.6 Å². The molecule has 2 rings (SSSR count). The number of aliphatic hydroxyl groups excluding tert-OH is 1. The number of halogens is 2. The molecule has 4 heteroatoms. The molecule has 1 unspecified atom stereocenters. The van der Waals surface area contributed by atoms with Gasteiger partial charge in [0.1, 0.15) is 11.9 Å². The molecule has 0 aliphatic carbocycles. The Bertz CT molecular complexity index is 542. The normalized spacial score (nSPS) is 12.4. The first-order chi connectivity index (χ1) is 8.61. The standard InChI is InChI=1S/C14H13BrFNO/c15-11-5-6-13(16)12(7-11)14(18)10-3-1-9(8-17)2-4-10/h1-7,14,18H,8,17H2. The van der Waals surface area contributed by atoms with Crippen LogP contribution in [0.25, 0.3) is 0 Å². The van der Waals surface area contributed by atoms with Crippen molar-refractivity contribution in [3.63, 3.8) is 0 Å². The molecule has 0 saturated heterocycles. The van der Waals surface area contributed by atoms with Crippen LogP contribution in [0.5, 0.6) is 0 Å². The fourth-order valence-corrected chi connectivity index (χ4v) is 2.12. The summed E-state index contributed by atoms with van der Waals surface area (Å²) >= 11 is 3.27. The van der Waals surface area contributed by atoms with Gasteiger partial charge in [-0.25, -0.2) is 4.39 Å². The summed E-state index contributed by atoms with van der Waals surface area (Å²) in [6, 6.07) is 11.7. The highest BCUT2D eigenvalue weighted by Gasteiger charge is 2.15. The van der Waals surface area contributed by atoms with Crippen molar-refractivity contribution in [1.29, 1.82) is 0 Å². The van der Waals surface area contributed by atoms with E-state index in [9.17, 15) is 9.50 Å². The number of benzene rings is 2. The Labute approximate surface area is 113 Å². The van der Waals surface area contributed by atoms with Crippen molar-refractivity contribution in [1.82, 2.24) is 0 Å². The molecule has 2 nitrogen and oxygen atoms in total. The Balaban J connectivity index is 2.34. The van der Waals surface area contributed by atoms with E-state index in [-0.39, 0.29) is 5.56 Å². The quantitative estimate of drug-likeness (QED) is 0.915. The molecule has 0 fully saturated rings. The van der Waals surface area contributed by atoms with E-state index in [1.54, 1.807) is 24.3 Å². The summed E-state index contributed by atoms with van der Waals surface area (Å²) in [4.78, 5) is 0. The first kappa shape index (κ1) is 13.2. The SMILES string of the molecule is NCc1ccc(C(O)c2cc(Br)ccc2F)cc1. The molecular formula is C14H13BrFNO. The molecule has 0 radical (unpaired) electrons. The van der Waals surface area contributed by atoms with Crippen LogP contribution in [0.2, 0.25) is 0 Å². The molecule has 94 valence electrons. The largest absolute Gasteiger partial charge is 0.384 e. The first-order valence-electron chi connectivity index (χ1n) is 5.53. The van der Waals surface area contributed by atoms with E-state index < -0.39 is 11.9 Å². The summed E-state index contributed by atoms with van der Waals surface area (Å²) in [7, 11) is 0. The van der Waals surface area contributed by atoms with Crippen LogP contribution in [0.4, 0.5) is 4.39 Å². The molecular weight excluding hydrogens is 297 g/mol. The summed E-state index contributed by atoms with van der Waals surface area (Å²) in [5.74, 6) is -0.423. The van der Waals surface area contributed by atoms with Crippen LogP contribution in [-0.2, 0) is 6.54 Å². The number of nitrogens with two attached hydrogens (primary N) is 1. The maximum Gasteiger partial charge on any atom is 0.129 e. The van der Waals surface area contributed by atoms with Gasteiger partial charge in [-0.2, -0.15) is 0 Å². The molecule has 0 aliphatic heterocycles. The summed E-state index contributed by atoms with van der Waals surface area (Å²) in [5, 5.41) is 10.2. The second kappa shape index (κ2) is 5.61. The molecule has 18 heavy (non-hydrogen) atoms. The van der Waals surface area contributed by atoms with E-state index in [1.165, 1.54) is 6.07 Å². The van der Waals surface area contributed by atoms with Crippen molar-refractivity contribution in [3.8, 4) is 0 Å². The van der Waals surface area contributed by atoms with Gasteiger partial charge in [0.05, 0.1) is 0 Å². The summed E-state index contributed by atoms with van der Waals surface area (Å²) < 4.78 is 14.4. The van der Waals surface area contributed by atoms with Crippen LogP contribution in [0.1, 0.15) is 22.8 Å². The first-order valence-corrected chi connectivity index (χ1v) is 6.33. The zero-order valence-corrected chi connectivity index (χ0v) is 11.2. The fraction of sp³-hybridized carbons (Fsp3) is 0.143. The van der Waals surface area contributed by atoms with E-state index in [1.807, 2.05) is 12.1 Å². The molecule has 0 bridgehead atoms. The minimum Gasteiger partial charge on any atom is -0.384 e. The van der Waals surface area contributed by atoms with E-state index in [0.717, 1.165) is 10.0 Å². The minimum atomic E-state index is -0.977. The van der Waals surface area contributed by atoms with Crippen molar-refractivity contribution in [2.75, 3.05) is 0 Å². The highest BCUT2D eigenvalue weighted by Crippen LogP contribution is 2.27. The average molecular weight is 310 g/mol. The van der Waals surface area contributed by atoms with Crippen molar-refractivity contribution >= 4 is 15.9 Å². The topological polar surface area (TPSA) is 46.2 Å². The van der Waals surface area contributed by atoms with Crippen LogP contribution < -0.4 is 5.73 Å². The maximum absolute atomic E-state index is 13.7. The number of aliphatic hydroxyl groups is 1. The molecule has 0 aromatic heterocycles. The van der Waals surface area contributed by atoms with E-state index in [4.69, 9.17) is 5.73 Å². The smallest absolute Gasteiger partial charge is 0.129 e. The van der Waals surface area contributed by atoms with Crippen LogP contribution in [0.3, 0.4) is 0 Å². The van der Waals surface area contributed by atoms with Gasteiger partial charge in [0.2, 0.25) is 0 Å². The van der Waals surface area contributed by atoms with Gasteiger partial charge < -0.3 is 10.8 Å². The van der Waals surface area contributed by atoms with E-state index in [0.29, 0.717) is 12.1 Å². The molecule has 0 saturated carbocycles. The average Bonchev–Trinajstić information content (AvgIpc) is 2.41. The zero-order valence-electron chi connectivity index (χ0n) is 9.61. The highest BCUT2D eigenvalue weighted by atomic mass is 79.9. The van der Waals surface area contributed by atoms with Gasteiger partial charge in [0.15, 0.2) is 0 Å². The Morgan fingerprint density at radius 1 is 1.17 bits per heavy atom. The number of hydrogen-bond donors (Lipinski definition) is 2. The van der Waals surface area contributed by atoms with Gasteiger partial charge in [-0.3, -0.25) is 0 Å². The van der Waals surface area contributed by atoms with Gasteiger partial charge in [-0.05, 0) is 29.3 Å². The summed E-state index contributed by atoms with van der Waals surface area (Å²) in [6.07, 6.45) is -0.977. The lowest BCUT2D eigenvalue weighted by atomic mass is 10.00. The van der Waals surface area contributed by atoms with E-state index >= 15 is 0 Å². The van der Waals surface area contributed by atoms with Crippen molar-refractivity contribution < 1.29 is 9.50 Å². The van der Waals surface area contributed by atoms with Crippen LogP contribution in [-0.4, -0.2) is 5.11 Å². The third-order valence-corrected chi connectivity index (χ3v) is 3.28. The van der Waals surface area contributed by atoms with Crippen LogP contribution in [0, 0.1) is 5.82 Å². The molecule has 2 aromatic carbocycles. The Morgan fingerprint density at radius 3 is 2.44 bits per heavy atom. The van der Waals surface area contributed by atoms with Gasteiger partial charge in [-0.1, -0.05) is 40.2 Å². The molecule has 2 aromatic rings. The predicted molar refractivity (Wildman–Crippen MR) is 72.5 cm³/mol. The molecule has 0 spiro atoms. The Morgan fingerprint density at radius 2 is 1.83 bits per heavy atom. The Hall–Kier alpha value is -1.23. The fourth-order valence-electron chi connectivity index (χ4n) is 1.74. The highest BCUT2D eigenvalue weighted by molar-refractivity contribution is 9.10. The lowest BCUT2D eigenvalue weighted by Gasteiger charge is -2.13. The molecule has 3 N–H and O–H groups in total. The number of hydrogen-bond acceptors (Lipinski definition) is 2. The lowest BCUT2D eigenvalue weighted by molar-refractivity contribution is 0.215. The number of rotatable bonds is 3. The zero-order chi connectivity index (χ0) is 13.1. The van der Waals surface area contributed by atoms with E-state index in [2.05, 4.69) is 15.9 Å². The van der Waals surface area contributed by atoms with Gasteiger partial charge >= 0.3 is 0 Å². The third kappa shape index (κ3) is 2.77. The van der Waals surface area contributed by atoms with Crippen LogP contribution in [0.15, 0.2) is 46.9 Å².